The molecule has 0 bridgehead atoms. The molecule has 0 amide bonds. The van der Waals surface area contributed by atoms with Gasteiger partial charge in [-0.3, -0.25) is 4.90 Å². The van der Waals surface area contributed by atoms with Crippen molar-refractivity contribution in [2.24, 2.45) is 0 Å². The molecule has 1 unspecified atom stereocenters. The summed E-state index contributed by atoms with van der Waals surface area (Å²) in [6.45, 7) is 4.85. The van der Waals surface area contributed by atoms with E-state index < -0.39 is 0 Å². The zero-order chi connectivity index (χ0) is 20.0. The Kier molecular flexibility index (Phi) is 4.63. The number of fused-ring (bicyclic) bond motifs is 6. The van der Waals surface area contributed by atoms with Crippen LogP contribution in [0, 0.1) is 0 Å². The fraction of sp³-hybridized carbons (Fsp3) is 0.417. The van der Waals surface area contributed by atoms with Gasteiger partial charge >= 0.3 is 0 Å². The van der Waals surface area contributed by atoms with E-state index in [0.717, 1.165) is 49.6 Å². The second-order valence-electron chi connectivity index (χ2n) is 7.98. The van der Waals surface area contributed by atoms with Crippen LogP contribution < -0.4 is 14.2 Å². The van der Waals surface area contributed by atoms with E-state index in [-0.39, 0.29) is 0 Å². The van der Waals surface area contributed by atoms with E-state index in [1.807, 2.05) is 6.07 Å². The molecule has 2 aliphatic heterocycles. The van der Waals surface area contributed by atoms with E-state index in [9.17, 15) is 0 Å². The Morgan fingerprint density at radius 2 is 2.00 bits per heavy atom. The van der Waals surface area contributed by atoms with Crippen molar-refractivity contribution in [3.05, 3.63) is 52.7 Å². The molecule has 1 N–H and O–H groups in total. The lowest BCUT2D eigenvalue weighted by Gasteiger charge is -2.40. The molecule has 0 fully saturated rings. The minimum atomic E-state index is 0.366. The molecule has 0 saturated carbocycles. The SMILES string of the molecule is CCCOc1cc2c(cc1OC)C1Cc3c([nH]c4ccc(OC)cc34)CN1CC2. The average molecular weight is 392 g/mol. The second-order valence-corrected chi connectivity index (χ2v) is 7.98. The standard InChI is InChI=1S/C24H28N2O3/c1-4-9-29-24-10-15-7-8-26-14-21-19(12-22(26)17(15)13-23(24)28-3)18-11-16(27-2)5-6-20(18)25-21/h5-6,10-11,13,22,25H,4,7-9,12,14H2,1-3H3. The zero-order valence-corrected chi connectivity index (χ0v) is 17.4. The largest absolute Gasteiger partial charge is 0.497 e. The molecule has 2 aliphatic rings. The first-order valence-corrected chi connectivity index (χ1v) is 10.5. The summed E-state index contributed by atoms with van der Waals surface area (Å²) in [6.07, 6.45) is 3.03. The molecule has 1 aromatic heterocycles. The lowest BCUT2D eigenvalue weighted by molar-refractivity contribution is 0.159. The van der Waals surface area contributed by atoms with Crippen molar-refractivity contribution in [1.82, 2.24) is 9.88 Å². The molecule has 5 rings (SSSR count). The Labute approximate surface area is 171 Å². The van der Waals surface area contributed by atoms with Crippen molar-refractivity contribution in [2.75, 3.05) is 27.4 Å². The number of aromatic nitrogens is 1. The second kappa shape index (κ2) is 7.30. The molecule has 2 aromatic carbocycles. The molecule has 0 spiro atoms. The summed E-state index contributed by atoms with van der Waals surface area (Å²) >= 11 is 0. The quantitative estimate of drug-likeness (QED) is 0.688. The summed E-state index contributed by atoms with van der Waals surface area (Å²) in [4.78, 5) is 6.22. The summed E-state index contributed by atoms with van der Waals surface area (Å²) in [6, 6.07) is 11.1. The number of hydrogen-bond acceptors (Lipinski definition) is 4. The fourth-order valence-electron chi connectivity index (χ4n) is 4.85. The molecule has 3 aromatic rings. The molecular weight excluding hydrogens is 364 g/mol. The van der Waals surface area contributed by atoms with Crippen LogP contribution in [0.25, 0.3) is 10.9 Å². The van der Waals surface area contributed by atoms with Gasteiger partial charge in [0.2, 0.25) is 0 Å². The Bertz CT molecular complexity index is 1060. The van der Waals surface area contributed by atoms with E-state index in [2.05, 4.69) is 41.1 Å². The molecule has 3 heterocycles. The number of aromatic amines is 1. The van der Waals surface area contributed by atoms with Crippen molar-refractivity contribution in [2.45, 2.75) is 38.8 Å². The maximum absolute atomic E-state index is 5.95. The van der Waals surface area contributed by atoms with Gasteiger partial charge in [-0.2, -0.15) is 0 Å². The van der Waals surface area contributed by atoms with Crippen LogP contribution in [0.3, 0.4) is 0 Å². The minimum absolute atomic E-state index is 0.366. The molecule has 0 radical (unpaired) electrons. The number of nitrogens with zero attached hydrogens (tertiary/aromatic N) is 1. The van der Waals surface area contributed by atoms with Gasteiger partial charge in [-0.25, -0.2) is 0 Å². The number of benzene rings is 2. The van der Waals surface area contributed by atoms with Crippen LogP contribution in [0.2, 0.25) is 0 Å². The molecule has 5 heteroatoms. The summed E-state index contributed by atoms with van der Waals surface area (Å²) in [5, 5.41) is 1.28. The van der Waals surface area contributed by atoms with Crippen LogP contribution >= 0.6 is 0 Å². The van der Waals surface area contributed by atoms with E-state index in [4.69, 9.17) is 14.2 Å². The molecule has 152 valence electrons. The van der Waals surface area contributed by atoms with Crippen LogP contribution in [-0.2, 0) is 19.4 Å². The predicted octanol–water partition coefficient (Wildman–Crippen LogP) is 4.63. The van der Waals surface area contributed by atoms with E-state index >= 15 is 0 Å². The van der Waals surface area contributed by atoms with Crippen LogP contribution in [0.1, 0.15) is 41.8 Å². The Hall–Kier alpha value is -2.66. The maximum atomic E-state index is 5.95. The molecular formula is C24H28N2O3. The number of hydrogen-bond donors (Lipinski definition) is 1. The summed E-state index contributed by atoms with van der Waals surface area (Å²) < 4.78 is 17.1. The first kappa shape index (κ1) is 18.4. The molecule has 1 atom stereocenters. The summed E-state index contributed by atoms with van der Waals surface area (Å²) in [7, 11) is 3.45. The van der Waals surface area contributed by atoms with Gasteiger partial charge in [0.1, 0.15) is 5.75 Å². The molecule has 0 saturated heterocycles. The summed E-state index contributed by atoms with van der Waals surface area (Å²) in [5.41, 5.74) is 6.71. The minimum Gasteiger partial charge on any atom is -0.497 e. The van der Waals surface area contributed by atoms with Crippen molar-refractivity contribution in [3.8, 4) is 17.2 Å². The van der Waals surface area contributed by atoms with Gasteiger partial charge in [0, 0.05) is 35.7 Å². The van der Waals surface area contributed by atoms with Crippen molar-refractivity contribution >= 4 is 10.9 Å². The van der Waals surface area contributed by atoms with Gasteiger partial charge in [-0.15, -0.1) is 0 Å². The normalized spacial score (nSPS) is 18.1. The lowest BCUT2D eigenvalue weighted by atomic mass is 9.85. The highest BCUT2D eigenvalue weighted by Crippen LogP contribution is 2.44. The van der Waals surface area contributed by atoms with E-state index in [1.165, 1.54) is 33.3 Å². The maximum Gasteiger partial charge on any atom is 0.161 e. The topological polar surface area (TPSA) is 46.7 Å². The Balaban J connectivity index is 1.55. The van der Waals surface area contributed by atoms with Crippen molar-refractivity contribution < 1.29 is 14.2 Å². The average Bonchev–Trinajstić information content (AvgIpc) is 3.12. The first-order chi connectivity index (χ1) is 14.2. The number of rotatable bonds is 5. The van der Waals surface area contributed by atoms with E-state index in [1.54, 1.807) is 14.2 Å². The van der Waals surface area contributed by atoms with Gasteiger partial charge in [-0.1, -0.05) is 6.92 Å². The lowest BCUT2D eigenvalue weighted by Crippen LogP contribution is -2.39. The molecule has 29 heavy (non-hydrogen) atoms. The first-order valence-electron chi connectivity index (χ1n) is 10.5. The predicted molar refractivity (Wildman–Crippen MR) is 114 cm³/mol. The van der Waals surface area contributed by atoms with Gasteiger partial charge in [0.25, 0.3) is 0 Å². The highest BCUT2D eigenvalue weighted by atomic mass is 16.5. The third kappa shape index (κ3) is 3.04. The van der Waals surface area contributed by atoms with Gasteiger partial charge < -0.3 is 19.2 Å². The van der Waals surface area contributed by atoms with Gasteiger partial charge in [0.15, 0.2) is 11.5 Å². The third-order valence-corrected chi connectivity index (χ3v) is 6.32. The smallest absolute Gasteiger partial charge is 0.161 e. The number of nitrogens with one attached hydrogen (secondary N) is 1. The number of methoxy groups -OCH3 is 2. The fourth-order valence-corrected chi connectivity index (χ4v) is 4.85. The third-order valence-electron chi connectivity index (χ3n) is 6.32. The van der Waals surface area contributed by atoms with Crippen molar-refractivity contribution in [1.29, 1.82) is 0 Å². The van der Waals surface area contributed by atoms with Gasteiger partial charge in [0.05, 0.1) is 20.8 Å². The highest BCUT2D eigenvalue weighted by Gasteiger charge is 2.34. The monoisotopic (exact) mass is 392 g/mol. The summed E-state index contributed by atoms with van der Waals surface area (Å²) in [5.74, 6) is 2.62. The number of ether oxygens (including phenoxy) is 3. The molecule has 0 aliphatic carbocycles. The van der Waals surface area contributed by atoms with Gasteiger partial charge in [-0.05, 0) is 66.3 Å². The number of H-pyrrole nitrogens is 1. The van der Waals surface area contributed by atoms with Crippen LogP contribution in [-0.4, -0.2) is 37.3 Å². The Morgan fingerprint density at radius 1 is 1.10 bits per heavy atom. The van der Waals surface area contributed by atoms with Crippen LogP contribution in [0.4, 0.5) is 0 Å². The van der Waals surface area contributed by atoms with Crippen LogP contribution in [0.15, 0.2) is 30.3 Å². The van der Waals surface area contributed by atoms with Crippen LogP contribution in [0.5, 0.6) is 17.2 Å². The zero-order valence-electron chi connectivity index (χ0n) is 17.4. The molecule has 5 nitrogen and oxygen atoms in total. The highest BCUT2D eigenvalue weighted by molar-refractivity contribution is 5.86. The van der Waals surface area contributed by atoms with Crippen molar-refractivity contribution in [3.63, 3.8) is 0 Å². The van der Waals surface area contributed by atoms with E-state index in [0.29, 0.717) is 12.6 Å². The Morgan fingerprint density at radius 3 is 2.79 bits per heavy atom.